The second-order valence-corrected chi connectivity index (χ2v) is 8.45. The molecule has 4 rings (SSSR count). The second kappa shape index (κ2) is 6.81. The van der Waals surface area contributed by atoms with E-state index in [1.165, 1.54) is 4.90 Å². The third-order valence-electron chi connectivity index (χ3n) is 6.44. The Kier molecular flexibility index (Phi) is 4.66. The topological polar surface area (TPSA) is 122 Å². The molecule has 2 saturated heterocycles. The highest BCUT2D eigenvalue weighted by Crippen LogP contribution is 2.54. The van der Waals surface area contributed by atoms with Crippen LogP contribution in [-0.4, -0.2) is 40.6 Å². The Morgan fingerprint density at radius 1 is 1.31 bits per heavy atom. The number of carbonyl (C=O) groups is 4. The summed E-state index contributed by atoms with van der Waals surface area (Å²) >= 11 is 6.19. The van der Waals surface area contributed by atoms with E-state index >= 15 is 0 Å². The fraction of sp³-hybridized carbons (Fsp3) is 0.500. The number of nitrogens with two attached hydrogens (primary N) is 1. The van der Waals surface area contributed by atoms with Crippen LogP contribution in [0.15, 0.2) is 18.2 Å². The van der Waals surface area contributed by atoms with Crippen molar-refractivity contribution in [3.05, 3.63) is 28.8 Å². The van der Waals surface area contributed by atoms with E-state index in [1.807, 2.05) is 13.8 Å². The van der Waals surface area contributed by atoms with Gasteiger partial charge in [0.15, 0.2) is 0 Å². The van der Waals surface area contributed by atoms with Crippen molar-refractivity contribution in [3.63, 3.8) is 0 Å². The number of nitrogens with one attached hydrogen (secondary N) is 2. The summed E-state index contributed by atoms with van der Waals surface area (Å²) in [4.78, 5) is 52.6. The van der Waals surface area contributed by atoms with Crippen LogP contribution in [0.5, 0.6) is 0 Å². The summed E-state index contributed by atoms with van der Waals surface area (Å²) in [6.45, 7) is 3.71. The largest absolute Gasteiger partial charge is 0.370 e. The molecule has 1 aromatic rings. The van der Waals surface area contributed by atoms with Crippen molar-refractivity contribution in [1.82, 2.24) is 10.2 Å². The molecule has 5 unspecified atom stereocenters. The molecule has 3 aliphatic rings. The molecule has 0 saturated carbocycles. The molecule has 0 radical (unpaired) electrons. The number of nitrogens with zero attached hydrogens (tertiary/aromatic N) is 1. The maximum absolute atomic E-state index is 13.4. The molecular formula is C20H23ClN4O4. The number of primary amides is 1. The van der Waals surface area contributed by atoms with E-state index in [4.69, 9.17) is 17.3 Å². The zero-order valence-corrected chi connectivity index (χ0v) is 17.0. The van der Waals surface area contributed by atoms with Crippen molar-refractivity contribution >= 4 is 40.9 Å². The molecule has 29 heavy (non-hydrogen) atoms. The van der Waals surface area contributed by atoms with Crippen LogP contribution in [0.25, 0.3) is 0 Å². The number of hydrogen-bond donors (Lipinski definition) is 3. The van der Waals surface area contributed by atoms with Gasteiger partial charge in [-0.2, -0.15) is 0 Å². The molecule has 8 nitrogen and oxygen atoms in total. The minimum atomic E-state index is -1.40. The van der Waals surface area contributed by atoms with Gasteiger partial charge in [-0.25, -0.2) is 0 Å². The predicted octanol–water partition coefficient (Wildman–Crippen LogP) is 1.12. The third-order valence-corrected chi connectivity index (χ3v) is 6.68. The molecule has 5 atom stereocenters. The Balaban J connectivity index is 1.85. The molecule has 2 fully saturated rings. The highest BCUT2D eigenvalue weighted by molar-refractivity contribution is 6.31. The van der Waals surface area contributed by atoms with Gasteiger partial charge in [0, 0.05) is 34.8 Å². The quantitative estimate of drug-likeness (QED) is 0.618. The van der Waals surface area contributed by atoms with Crippen molar-refractivity contribution < 1.29 is 19.2 Å². The van der Waals surface area contributed by atoms with Crippen molar-refractivity contribution in [2.24, 2.45) is 17.6 Å². The lowest BCUT2D eigenvalue weighted by Crippen LogP contribution is -2.54. The molecule has 4 amide bonds. The van der Waals surface area contributed by atoms with Crippen LogP contribution < -0.4 is 16.4 Å². The highest BCUT2D eigenvalue weighted by atomic mass is 35.5. The average molecular weight is 419 g/mol. The first-order valence-electron chi connectivity index (χ1n) is 9.76. The summed E-state index contributed by atoms with van der Waals surface area (Å²) in [5.41, 5.74) is 5.02. The van der Waals surface area contributed by atoms with E-state index in [1.54, 1.807) is 18.2 Å². The molecule has 3 aliphatic heterocycles. The Labute approximate surface area is 173 Å². The number of rotatable bonds is 5. The number of amides is 4. The minimum absolute atomic E-state index is 0.0474. The average Bonchev–Trinajstić information content (AvgIpc) is 3.25. The van der Waals surface area contributed by atoms with Crippen LogP contribution in [0.2, 0.25) is 5.02 Å². The molecule has 1 spiro atoms. The van der Waals surface area contributed by atoms with Crippen molar-refractivity contribution in [3.8, 4) is 0 Å². The first kappa shape index (κ1) is 19.8. The summed E-state index contributed by atoms with van der Waals surface area (Å²) < 4.78 is 0. The van der Waals surface area contributed by atoms with Crippen LogP contribution in [-0.2, 0) is 24.7 Å². The Morgan fingerprint density at radius 2 is 2.03 bits per heavy atom. The lowest BCUT2D eigenvalue weighted by molar-refractivity contribution is -0.145. The number of likely N-dealkylation sites (tertiary alicyclic amines) is 1. The van der Waals surface area contributed by atoms with Gasteiger partial charge in [0.2, 0.25) is 23.6 Å². The molecule has 0 bridgehead atoms. The molecule has 0 aromatic heterocycles. The van der Waals surface area contributed by atoms with Gasteiger partial charge in [-0.15, -0.1) is 0 Å². The molecule has 4 N–H and O–H groups in total. The maximum atomic E-state index is 13.4. The molecule has 1 aromatic carbocycles. The van der Waals surface area contributed by atoms with Crippen LogP contribution in [0.3, 0.4) is 0 Å². The number of imide groups is 1. The fourth-order valence-corrected chi connectivity index (χ4v) is 5.13. The van der Waals surface area contributed by atoms with Crippen LogP contribution in [0, 0.1) is 11.8 Å². The molecule has 154 valence electrons. The van der Waals surface area contributed by atoms with E-state index in [2.05, 4.69) is 10.6 Å². The summed E-state index contributed by atoms with van der Waals surface area (Å²) in [6.07, 6.45) is 0.915. The summed E-state index contributed by atoms with van der Waals surface area (Å²) in [5, 5.41) is 6.49. The van der Waals surface area contributed by atoms with Gasteiger partial charge in [-0.1, -0.05) is 18.5 Å². The van der Waals surface area contributed by atoms with E-state index < -0.39 is 35.2 Å². The SMILES string of the molecule is CCC(C)N1C(=O)C2C(CCC(N)=O)NC3(C(=O)Nc4ccc(Cl)cc43)C2C1=O. The lowest BCUT2D eigenvalue weighted by atomic mass is 9.76. The van der Waals surface area contributed by atoms with Crippen LogP contribution in [0.1, 0.15) is 38.7 Å². The van der Waals surface area contributed by atoms with E-state index in [9.17, 15) is 19.2 Å². The Morgan fingerprint density at radius 3 is 2.69 bits per heavy atom. The fourth-order valence-electron chi connectivity index (χ4n) is 4.96. The standard InChI is InChI=1S/C20H23ClN4O4/c1-3-9(2)25-17(27)15-13(6-7-14(22)26)24-20(16(15)18(25)28)11-8-10(21)4-5-12(11)23-19(20)29/h4-5,8-9,13,15-16,24H,3,6-7H2,1-2H3,(H2,22,26)(H,23,29). The van der Waals surface area contributed by atoms with Crippen LogP contribution >= 0.6 is 11.6 Å². The zero-order chi connectivity index (χ0) is 21.1. The van der Waals surface area contributed by atoms with Gasteiger partial charge < -0.3 is 11.1 Å². The van der Waals surface area contributed by atoms with E-state index in [-0.39, 0.29) is 30.7 Å². The first-order valence-corrected chi connectivity index (χ1v) is 10.1. The number of anilines is 1. The van der Waals surface area contributed by atoms with E-state index in [0.717, 1.165) is 0 Å². The summed E-state index contributed by atoms with van der Waals surface area (Å²) in [6, 6.07) is 4.18. The second-order valence-electron chi connectivity index (χ2n) is 8.02. The highest BCUT2D eigenvalue weighted by Gasteiger charge is 2.70. The number of benzene rings is 1. The normalized spacial score (nSPS) is 31.2. The van der Waals surface area contributed by atoms with Crippen LogP contribution in [0.4, 0.5) is 5.69 Å². The number of fused-ring (bicyclic) bond motifs is 4. The van der Waals surface area contributed by atoms with Gasteiger partial charge in [-0.05, 0) is 38.0 Å². The predicted molar refractivity (Wildman–Crippen MR) is 106 cm³/mol. The third kappa shape index (κ3) is 2.69. The summed E-state index contributed by atoms with van der Waals surface area (Å²) in [7, 11) is 0. The summed E-state index contributed by atoms with van der Waals surface area (Å²) in [5.74, 6) is -3.21. The molecular weight excluding hydrogens is 396 g/mol. The van der Waals surface area contributed by atoms with Crippen molar-refractivity contribution in [1.29, 1.82) is 0 Å². The maximum Gasteiger partial charge on any atom is 0.250 e. The van der Waals surface area contributed by atoms with Gasteiger partial charge in [0.05, 0.1) is 11.8 Å². The molecule has 9 heteroatoms. The van der Waals surface area contributed by atoms with Gasteiger partial charge in [0.25, 0.3) is 0 Å². The van der Waals surface area contributed by atoms with E-state index in [0.29, 0.717) is 22.7 Å². The van der Waals surface area contributed by atoms with Gasteiger partial charge in [-0.3, -0.25) is 29.4 Å². The molecule has 0 aliphatic carbocycles. The number of halogens is 1. The number of carbonyl (C=O) groups excluding carboxylic acids is 4. The smallest absolute Gasteiger partial charge is 0.250 e. The zero-order valence-electron chi connectivity index (χ0n) is 16.2. The van der Waals surface area contributed by atoms with Gasteiger partial charge in [0.1, 0.15) is 5.54 Å². The minimum Gasteiger partial charge on any atom is -0.370 e. The Bertz CT molecular complexity index is 935. The van der Waals surface area contributed by atoms with Crippen molar-refractivity contribution in [2.45, 2.75) is 50.7 Å². The Hall–Kier alpha value is -2.45. The first-order chi connectivity index (χ1) is 13.7. The van der Waals surface area contributed by atoms with Crippen molar-refractivity contribution in [2.75, 3.05) is 5.32 Å². The van der Waals surface area contributed by atoms with Gasteiger partial charge >= 0.3 is 0 Å². The molecule has 3 heterocycles. The monoisotopic (exact) mass is 418 g/mol. The number of hydrogen-bond acceptors (Lipinski definition) is 5. The lowest BCUT2D eigenvalue weighted by Gasteiger charge is -2.31.